The molecule has 0 aromatic heterocycles. The lowest BCUT2D eigenvalue weighted by atomic mass is 10.00. The molecule has 6 atom stereocenters. The molecule has 0 aromatic rings. The van der Waals surface area contributed by atoms with Crippen LogP contribution in [0.4, 0.5) is 0 Å². The van der Waals surface area contributed by atoms with Gasteiger partial charge in [-0.15, -0.1) is 47.0 Å². The number of hydrogen-bond acceptors (Lipinski definition) is 8. The third-order valence-electron chi connectivity index (χ3n) is 4.57. The standard InChI is InChI=1S/C16H28O2S6/c17-5-11-7-21-15(23-11)9-19-13-3-1-2-4-14(13)20-10-16-22-8-12(6-18)24-16/h11-18H,1-10H2. The van der Waals surface area contributed by atoms with Gasteiger partial charge in [0.05, 0.1) is 22.4 Å². The monoisotopic (exact) mass is 444 g/mol. The summed E-state index contributed by atoms with van der Waals surface area (Å²) in [6.07, 6.45) is 5.58. The minimum absolute atomic E-state index is 0.340. The van der Waals surface area contributed by atoms with Gasteiger partial charge in [0.15, 0.2) is 0 Å². The predicted molar refractivity (Wildman–Crippen MR) is 120 cm³/mol. The first kappa shape index (κ1) is 20.7. The van der Waals surface area contributed by atoms with Crippen LogP contribution in [0.3, 0.4) is 0 Å². The van der Waals surface area contributed by atoms with Crippen molar-refractivity contribution in [2.24, 2.45) is 0 Å². The van der Waals surface area contributed by atoms with Crippen LogP contribution < -0.4 is 0 Å². The van der Waals surface area contributed by atoms with Crippen molar-refractivity contribution < 1.29 is 10.2 Å². The summed E-state index contributed by atoms with van der Waals surface area (Å²) in [4.78, 5) is 0. The average molecular weight is 445 g/mol. The Bertz CT molecular complexity index is 340. The fourth-order valence-corrected chi connectivity index (χ4v) is 13.5. The Kier molecular flexibility index (Phi) is 9.62. The van der Waals surface area contributed by atoms with Gasteiger partial charge in [0.25, 0.3) is 0 Å². The molecule has 2 saturated heterocycles. The Morgan fingerprint density at radius 1 is 0.750 bits per heavy atom. The molecular weight excluding hydrogens is 417 g/mol. The van der Waals surface area contributed by atoms with Gasteiger partial charge < -0.3 is 10.2 Å². The molecule has 2 N–H and O–H groups in total. The predicted octanol–water partition coefficient (Wildman–Crippen LogP) is 4.10. The molecule has 3 fully saturated rings. The van der Waals surface area contributed by atoms with E-state index in [2.05, 4.69) is 23.5 Å². The van der Waals surface area contributed by atoms with Crippen molar-refractivity contribution in [2.75, 3.05) is 36.2 Å². The molecule has 1 aliphatic carbocycles. The Morgan fingerprint density at radius 2 is 1.21 bits per heavy atom. The molecule has 3 rings (SSSR count). The van der Waals surface area contributed by atoms with Gasteiger partial charge in [0.1, 0.15) is 0 Å². The zero-order chi connectivity index (χ0) is 16.8. The molecule has 0 amide bonds. The fourth-order valence-electron chi connectivity index (χ4n) is 3.23. The Morgan fingerprint density at radius 3 is 1.58 bits per heavy atom. The minimum Gasteiger partial charge on any atom is -0.395 e. The minimum atomic E-state index is 0.340. The van der Waals surface area contributed by atoms with E-state index in [4.69, 9.17) is 0 Å². The molecule has 8 heteroatoms. The second kappa shape index (κ2) is 11.1. The van der Waals surface area contributed by atoms with E-state index >= 15 is 0 Å². The summed E-state index contributed by atoms with van der Waals surface area (Å²) in [5, 5.41) is 21.2. The first-order chi connectivity index (χ1) is 11.8. The lowest BCUT2D eigenvalue weighted by molar-refractivity contribution is 0.301. The van der Waals surface area contributed by atoms with Crippen molar-refractivity contribution in [1.82, 2.24) is 0 Å². The van der Waals surface area contributed by atoms with E-state index in [0.717, 1.165) is 22.0 Å². The Labute approximate surface area is 172 Å². The molecule has 6 unspecified atom stereocenters. The van der Waals surface area contributed by atoms with Gasteiger partial charge in [-0.05, 0) is 12.8 Å². The van der Waals surface area contributed by atoms with E-state index in [1.165, 1.54) is 37.2 Å². The van der Waals surface area contributed by atoms with Crippen molar-refractivity contribution in [2.45, 2.75) is 55.8 Å². The number of hydrogen-bond donors (Lipinski definition) is 2. The van der Waals surface area contributed by atoms with Gasteiger partial charge in [-0.1, -0.05) is 12.8 Å². The normalized spacial score (nSPS) is 40.2. The van der Waals surface area contributed by atoms with Gasteiger partial charge in [0, 0.05) is 44.0 Å². The van der Waals surface area contributed by atoms with Crippen molar-refractivity contribution in [3.63, 3.8) is 0 Å². The fraction of sp³-hybridized carbons (Fsp3) is 1.00. The van der Waals surface area contributed by atoms with Crippen LogP contribution in [-0.4, -0.2) is 76.6 Å². The molecule has 24 heavy (non-hydrogen) atoms. The molecule has 0 aromatic carbocycles. The summed E-state index contributed by atoms with van der Waals surface area (Å²) in [5.41, 5.74) is 0. The Hall–Kier alpha value is 2.02. The highest BCUT2D eigenvalue weighted by atomic mass is 32.2. The molecule has 3 aliphatic rings. The molecule has 2 nitrogen and oxygen atoms in total. The third kappa shape index (κ3) is 6.28. The van der Waals surface area contributed by atoms with Crippen LogP contribution in [0.25, 0.3) is 0 Å². The van der Waals surface area contributed by atoms with Gasteiger partial charge in [-0.3, -0.25) is 0 Å². The maximum atomic E-state index is 9.29. The van der Waals surface area contributed by atoms with Gasteiger partial charge in [0.2, 0.25) is 0 Å². The van der Waals surface area contributed by atoms with Crippen LogP contribution >= 0.6 is 70.6 Å². The van der Waals surface area contributed by atoms with Crippen LogP contribution in [0.15, 0.2) is 0 Å². The smallest absolute Gasteiger partial charge is 0.0597 e. The van der Waals surface area contributed by atoms with Crippen molar-refractivity contribution in [3.8, 4) is 0 Å². The van der Waals surface area contributed by atoms with Crippen LogP contribution in [0, 0.1) is 0 Å². The lowest BCUT2D eigenvalue weighted by Crippen LogP contribution is -2.26. The topological polar surface area (TPSA) is 40.5 Å². The summed E-state index contributed by atoms with van der Waals surface area (Å²) in [6, 6.07) is 0. The molecule has 0 bridgehead atoms. The quantitative estimate of drug-likeness (QED) is 0.580. The van der Waals surface area contributed by atoms with Gasteiger partial charge in [-0.25, -0.2) is 0 Å². The van der Waals surface area contributed by atoms with Gasteiger partial charge in [-0.2, -0.15) is 23.5 Å². The summed E-state index contributed by atoms with van der Waals surface area (Å²) in [5.74, 6) is 4.73. The summed E-state index contributed by atoms with van der Waals surface area (Å²) < 4.78 is 1.37. The summed E-state index contributed by atoms with van der Waals surface area (Å²) in [6.45, 7) is 0.679. The van der Waals surface area contributed by atoms with Crippen LogP contribution in [0.2, 0.25) is 0 Å². The highest BCUT2D eigenvalue weighted by Gasteiger charge is 2.32. The van der Waals surface area contributed by atoms with E-state index < -0.39 is 0 Å². The molecule has 140 valence electrons. The van der Waals surface area contributed by atoms with Crippen LogP contribution in [0.1, 0.15) is 25.7 Å². The average Bonchev–Trinajstić information content (AvgIpc) is 3.27. The van der Waals surface area contributed by atoms with Crippen LogP contribution in [-0.2, 0) is 0 Å². The van der Waals surface area contributed by atoms with E-state index in [1.807, 2.05) is 47.0 Å². The number of thioether (sulfide) groups is 6. The van der Waals surface area contributed by atoms with Crippen molar-refractivity contribution in [1.29, 1.82) is 0 Å². The molecular formula is C16H28O2S6. The highest BCUT2D eigenvalue weighted by molar-refractivity contribution is 8.22. The molecule has 1 saturated carbocycles. The van der Waals surface area contributed by atoms with E-state index in [0.29, 0.717) is 32.9 Å². The van der Waals surface area contributed by atoms with Crippen molar-refractivity contribution in [3.05, 3.63) is 0 Å². The first-order valence-corrected chi connectivity index (χ1v) is 14.9. The first-order valence-electron chi connectivity index (χ1n) is 8.77. The molecule has 0 radical (unpaired) electrons. The third-order valence-corrected chi connectivity index (χ3v) is 15.1. The second-order valence-electron chi connectivity index (χ2n) is 6.44. The molecule has 2 heterocycles. The van der Waals surface area contributed by atoms with E-state index in [9.17, 15) is 10.2 Å². The Balaban J connectivity index is 1.38. The number of aliphatic hydroxyl groups is 2. The molecule has 0 spiro atoms. The van der Waals surface area contributed by atoms with Crippen LogP contribution in [0.5, 0.6) is 0 Å². The van der Waals surface area contributed by atoms with E-state index in [-0.39, 0.29) is 0 Å². The maximum Gasteiger partial charge on any atom is 0.0597 e. The largest absolute Gasteiger partial charge is 0.395 e. The van der Waals surface area contributed by atoms with Crippen molar-refractivity contribution >= 4 is 70.6 Å². The zero-order valence-electron chi connectivity index (χ0n) is 13.9. The second-order valence-corrected chi connectivity index (χ2v) is 15.1. The zero-order valence-corrected chi connectivity index (χ0v) is 18.8. The number of rotatable bonds is 8. The number of aliphatic hydroxyl groups excluding tert-OH is 2. The summed E-state index contributed by atoms with van der Waals surface area (Å²) in [7, 11) is 0. The van der Waals surface area contributed by atoms with E-state index in [1.54, 1.807) is 0 Å². The van der Waals surface area contributed by atoms with Gasteiger partial charge >= 0.3 is 0 Å². The lowest BCUT2D eigenvalue weighted by Gasteiger charge is -2.31. The molecule has 2 aliphatic heterocycles. The maximum absolute atomic E-state index is 9.29. The highest BCUT2D eigenvalue weighted by Crippen LogP contribution is 2.45. The SMILES string of the molecule is OCC1CSC(CSC2CCCCC2SCC2SCC(CO)S2)S1. The summed E-state index contributed by atoms with van der Waals surface area (Å²) >= 11 is 12.5.